The van der Waals surface area contributed by atoms with Crippen molar-refractivity contribution < 1.29 is 63.2 Å². The highest BCUT2D eigenvalue weighted by molar-refractivity contribution is 8.00. The van der Waals surface area contributed by atoms with Crippen LogP contribution in [0.5, 0.6) is 11.5 Å². The molecule has 0 bridgehead atoms. The van der Waals surface area contributed by atoms with Crippen LogP contribution in [0.3, 0.4) is 0 Å². The Hall–Kier alpha value is -5.45. The normalized spacial score (nSPS) is 19.7. The molecule has 5 heterocycles. The number of halogens is 2. The van der Waals surface area contributed by atoms with Crippen molar-refractivity contribution in [2.24, 2.45) is 5.16 Å². The topological polar surface area (TPSA) is 287 Å². The molecule has 3 aliphatic heterocycles. The molecular weight excluding hydrogens is 805 g/mol. The van der Waals surface area contributed by atoms with Gasteiger partial charge in [0.1, 0.15) is 34.5 Å². The van der Waals surface area contributed by atoms with Crippen molar-refractivity contribution in [3.8, 4) is 11.5 Å². The van der Waals surface area contributed by atoms with Gasteiger partial charge in [0.2, 0.25) is 11.5 Å². The smallest absolute Gasteiger partial charge is 0.348 e. The van der Waals surface area contributed by atoms with Gasteiger partial charge >= 0.3 is 11.9 Å². The number of likely N-dealkylation sites (tertiary alicyclic amines) is 1. The Morgan fingerprint density at radius 2 is 1.91 bits per heavy atom. The van der Waals surface area contributed by atoms with E-state index in [9.17, 15) is 49.2 Å². The third kappa shape index (κ3) is 7.43. The first-order valence-electron chi connectivity index (χ1n) is 16.9. The number of aromatic hydroxyl groups is 2. The summed E-state index contributed by atoms with van der Waals surface area (Å²) in [6.45, 7) is 3.21. The lowest BCUT2D eigenvalue weighted by atomic mass is 10.0. The Balaban J connectivity index is 1.27. The van der Waals surface area contributed by atoms with E-state index in [-0.39, 0.29) is 49.6 Å². The minimum Gasteiger partial charge on any atom is -0.543 e. The number of anilines is 1. The number of nitrogens with zero attached hydrogens (tertiary/aromatic N) is 5. The van der Waals surface area contributed by atoms with Crippen molar-refractivity contribution in [2.75, 3.05) is 31.1 Å². The number of nitrogens with one attached hydrogen (secondary N) is 1. The molecule has 3 atom stereocenters. The van der Waals surface area contributed by atoms with E-state index in [1.165, 1.54) is 0 Å². The van der Waals surface area contributed by atoms with Crippen molar-refractivity contribution in [1.29, 1.82) is 0 Å². The van der Waals surface area contributed by atoms with Crippen LogP contribution in [0.4, 0.5) is 9.52 Å². The number of thioether (sulfide) groups is 1. The molecule has 6 rings (SSSR count). The second kappa shape index (κ2) is 15.6. The molecule has 3 aromatic rings. The minimum atomic E-state index is -2.02. The van der Waals surface area contributed by atoms with E-state index < -0.39 is 93.2 Å². The van der Waals surface area contributed by atoms with E-state index in [4.69, 9.17) is 27.3 Å². The van der Waals surface area contributed by atoms with Gasteiger partial charge in [-0.15, -0.1) is 11.8 Å². The number of carbonyl (C=O) groups excluding carboxylic acids is 3. The number of aliphatic carboxylic acids is 3. The van der Waals surface area contributed by atoms with Crippen LogP contribution in [0, 0.1) is 5.82 Å². The van der Waals surface area contributed by atoms with Crippen molar-refractivity contribution in [3.05, 3.63) is 55.2 Å². The molecule has 56 heavy (non-hydrogen) atoms. The maximum Gasteiger partial charge on any atom is 0.348 e. The van der Waals surface area contributed by atoms with Gasteiger partial charge in [0.15, 0.2) is 28.2 Å². The number of phenolic OH excluding ortho intramolecular Hbond substituents is 2. The number of fused-ring (bicyclic) bond motifs is 2. The molecule has 2 aromatic heterocycles. The van der Waals surface area contributed by atoms with Crippen LogP contribution in [0.25, 0.3) is 10.9 Å². The fourth-order valence-corrected chi connectivity index (χ4v) is 9.42. The Morgan fingerprint density at radius 1 is 1.21 bits per heavy atom. The van der Waals surface area contributed by atoms with Gasteiger partial charge in [0, 0.05) is 43.0 Å². The van der Waals surface area contributed by atoms with Gasteiger partial charge in [-0.25, -0.2) is 14.2 Å². The zero-order chi connectivity index (χ0) is 40.8. The first-order chi connectivity index (χ1) is 26.5. The first kappa shape index (κ1) is 40.2. The third-order valence-corrected chi connectivity index (χ3v) is 12.1. The van der Waals surface area contributed by atoms with Gasteiger partial charge in [0.25, 0.3) is 11.8 Å². The number of carboxylic acid groups (broad SMARTS) is 3. The standard InChI is InChI=1S/C33H33ClFN7O12S2/c1-2-40-9-13(25(46)19-15(40)7-16(43)26(47)20(19)35)10-42(5-3-4-6-42)11-14-12-55-30-23(29(49)41(30)24(14)32(52)53)37-28(48)22(21-27(34)56-33(36)38-21)39-54-17(31(50)51)8-18(44)45/h7,9,17,23,30H,2-6,8,10-12H2,1H3,(H7-,36,37,38,39,43,44,45,46,47,48,50,51,52,53)/t17-,23+,30+/m0/s1. The maximum atomic E-state index is 15.2. The zero-order valence-corrected chi connectivity index (χ0v) is 31.6. The Morgan fingerprint density at radius 3 is 2.50 bits per heavy atom. The Bertz CT molecular complexity index is 2310. The van der Waals surface area contributed by atoms with E-state index in [1.54, 1.807) is 17.7 Å². The number of hydrogen-bond acceptors (Lipinski definition) is 15. The van der Waals surface area contributed by atoms with E-state index in [1.807, 2.05) is 0 Å². The summed E-state index contributed by atoms with van der Waals surface area (Å²) in [5.74, 6) is -9.84. The average molecular weight is 838 g/mol. The Kier molecular flexibility index (Phi) is 11.2. The van der Waals surface area contributed by atoms with Crippen LogP contribution in [-0.4, -0.2) is 118 Å². The van der Waals surface area contributed by atoms with E-state index in [2.05, 4.69) is 15.5 Å². The van der Waals surface area contributed by atoms with Crippen LogP contribution < -0.4 is 21.6 Å². The molecule has 19 nitrogen and oxygen atoms in total. The number of thiazole rings is 1. The van der Waals surface area contributed by atoms with E-state index >= 15 is 4.39 Å². The van der Waals surface area contributed by atoms with Crippen LogP contribution >= 0.6 is 34.7 Å². The number of quaternary nitrogens is 1. The molecule has 0 saturated carbocycles. The fourth-order valence-electron chi connectivity index (χ4n) is 7.15. The van der Waals surface area contributed by atoms with Crippen molar-refractivity contribution in [2.45, 2.75) is 56.8 Å². The number of rotatable bonds is 14. The van der Waals surface area contributed by atoms with Crippen LogP contribution in [0.1, 0.15) is 37.4 Å². The molecule has 0 unspecified atom stereocenters. The lowest BCUT2D eigenvalue weighted by Crippen LogP contribution is -2.72. The average Bonchev–Trinajstić information content (AvgIpc) is 3.74. The maximum absolute atomic E-state index is 15.2. The number of amides is 2. The van der Waals surface area contributed by atoms with Crippen LogP contribution in [-0.2, 0) is 41.9 Å². The minimum absolute atomic E-state index is 0.0590. The molecule has 2 saturated heterocycles. The molecule has 0 aliphatic carbocycles. The lowest BCUT2D eigenvalue weighted by molar-refractivity contribution is -0.925. The summed E-state index contributed by atoms with van der Waals surface area (Å²) in [5, 5.41) is 55.7. The van der Waals surface area contributed by atoms with E-state index in [0.29, 0.717) is 25.2 Å². The molecule has 2 fully saturated rings. The predicted molar refractivity (Wildman–Crippen MR) is 195 cm³/mol. The number of nitrogens with two attached hydrogens (primary N) is 1. The zero-order valence-electron chi connectivity index (χ0n) is 29.2. The molecular formula is C33H33ClFN7O12S2. The van der Waals surface area contributed by atoms with Gasteiger partial charge < -0.3 is 55.3 Å². The van der Waals surface area contributed by atoms with Gasteiger partial charge in [-0.1, -0.05) is 28.1 Å². The quantitative estimate of drug-likeness (QED) is 0.0414. The van der Waals surface area contributed by atoms with Gasteiger partial charge in [-0.3, -0.25) is 24.1 Å². The highest BCUT2D eigenvalue weighted by atomic mass is 35.5. The highest BCUT2D eigenvalue weighted by Gasteiger charge is 2.54. The van der Waals surface area contributed by atoms with Gasteiger partial charge in [-0.2, -0.15) is 0 Å². The Labute approximate surface area is 328 Å². The summed E-state index contributed by atoms with van der Waals surface area (Å²) in [4.78, 5) is 86.0. The number of benzene rings is 1. The SMILES string of the molecule is CCn1cc(C[N+]2(CC3=C(C(=O)[O-])N4C(=O)[C@@H](NC(=O)/C(=N\O[C@@H](CC(=O)O)C(=O)O)c5nc(N)sc5Cl)[C@H]4SC3)CCCC2)c(=O)c2c(F)c(O)c(O)cc21. The third-order valence-electron chi connectivity index (χ3n) is 9.70. The summed E-state index contributed by atoms with van der Waals surface area (Å²) in [6, 6.07) is -0.221. The molecule has 3 aliphatic rings. The molecule has 23 heteroatoms. The fraction of sp³-hybridized carbons (Fsp3) is 0.394. The van der Waals surface area contributed by atoms with Gasteiger partial charge in [-0.05, 0) is 6.92 Å². The summed E-state index contributed by atoms with van der Waals surface area (Å²) < 4.78 is 16.8. The molecule has 0 spiro atoms. The lowest BCUT2D eigenvalue weighted by Gasteiger charge is -2.51. The van der Waals surface area contributed by atoms with E-state index in [0.717, 1.165) is 46.9 Å². The number of phenols is 2. The number of β-lactam (4-membered cyclic amide) rings is 1. The molecule has 298 valence electrons. The first-order valence-corrected chi connectivity index (χ1v) is 19.1. The second-order valence-electron chi connectivity index (χ2n) is 13.3. The van der Waals surface area contributed by atoms with Crippen LogP contribution in [0.15, 0.2) is 33.5 Å². The second-order valence-corrected chi connectivity index (χ2v) is 16.0. The summed E-state index contributed by atoms with van der Waals surface area (Å²) in [7, 11) is 0. The largest absolute Gasteiger partial charge is 0.543 e. The molecule has 0 radical (unpaired) electrons. The number of carboxylic acids is 3. The summed E-state index contributed by atoms with van der Waals surface area (Å²) in [6.07, 6.45) is -0.0399. The van der Waals surface area contributed by atoms with Crippen molar-refractivity contribution in [1.82, 2.24) is 19.8 Å². The number of nitrogen functional groups attached to an aromatic ring is 1. The summed E-state index contributed by atoms with van der Waals surface area (Å²) in [5.41, 5.74) is 4.14. The van der Waals surface area contributed by atoms with Crippen molar-refractivity contribution >= 4 is 86.2 Å². The monoisotopic (exact) mass is 837 g/mol. The number of carbonyl (C=O) groups is 5. The van der Waals surface area contributed by atoms with Gasteiger partial charge in [0.05, 0.1) is 47.6 Å². The molecule has 1 aromatic carbocycles. The predicted octanol–water partition coefficient (Wildman–Crippen LogP) is 0.127. The molecule has 7 N–H and O–H groups in total. The number of aromatic nitrogens is 2. The number of aryl methyl sites for hydroxylation is 1. The highest BCUT2D eigenvalue weighted by Crippen LogP contribution is 2.42. The number of hydrogen-bond donors (Lipinski definition) is 6. The van der Waals surface area contributed by atoms with Crippen LogP contribution in [0.2, 0.25) is 4.34 Å². The number of oxime groups is 1. The van der Waals surface area contributed by atoms with Crippen molar-refractivity contribution in [3.63, 3.8) is 0 Å². The number of pyridine rings is 1. The molecule has 2 amide bonds. The summed E-state index contributed by atoms with van der Waals surface area (Å²) >= 11 is 8.05.